The number of rotatable bonds is 4. The molecule has 22 heavy (non-hydrogen) atoms. The maximum Gasteiger partial charge on any atom is 0.308 e. The highest BCUT2D eigenvalue weighted by Crippen LogP contribution is 2.25. The number of carbonyl (C=O) groups excluding carboxylic acids is 2. The van der Waals surface area contributed by atoms with Crippen molar-refractivity contribution in [3.63, 3.8) is 0 Å². The fourth-order valence-electron chi connectivity index (χ4n) is 1.47. The highest BCUT2D eigenvalue weighted by molar-refractivity contribution is 7.81. The van der Waals surface area contributed by atoms with Gasteiger partial charge in [0.1, 0.15) is 9.96 Å². The molecule has 1 aromatic heterocycles. The number of halogens is 1. The molecule has 0 radical (unpaired) electrons. The van der Waals surface area contributed by atoms with Gasteiger partial charge in [-0.1, -0.05) is 22.9 Å². The monoisotopic (exact) mass is 360 g/mol. The Hall–Kier alpha value is -1.81. The molecule has 0 aliphatic rings. The first-order valence-electron chi connectivity index (χ1n) is 5.73. The molecule has 0 saturated carbocycles. The largest absolute Gasteiger partial charge is 0.427 e. The Morgan fingerprint density at radius 2 is 2.18 bits per heavy atom. The number of amides is 1. The van der Waals surface area contributed by atoms with Crippen molar-refractivity contribution in [2.45, 2.75) is 11.1 Å². The standard InChI is InChI=1S/C12H9ClN2O5S2/c1-6(16)20-7-2-3-8(9(13)4-7)11(17)15-12-14-5-10(21-12)22(18)19/h2-5H,1H3,(H,18,19)(H,14,15,17). The van der Waals surface area contributed by atoms with E-state index >= 15 is 0 Å². The average Bonchev–Trinajstić information content (AvgIpc) is 2.86. The van der Waals surface area contributed by atoms with Crippen LogP contribution in [0.1, 0.15) is 17.3 Å². The number of benzene rings is 1. The average molecular weight is 361 g/mol. The first kappa shape index (κ1) is 16.6. The van der Waals surface area contributed by atoms with Crippen molar-refractivity contribution < 1.29 is 23.1 Å². The number of thiazole rings is 1. The highest BCUT2D eigenvalue weighted by Gasteiger charge is 2.15. The van der Waals surface area contributed by atoms with E-state index in [0.717, 1.165) is 11.3 Å². The Morgan fingerprint density at radius 3 is 2.73 bits per heavy atom. The van der Waals surface area contributed by atoms with Crippen LogP contribution in [0.5, 0.6) is 5.75 Å². The Morgan fingerprint density at radius 1 is 1.45 bits per heavy atom. The van der Waals surface area contributed by atoms with Gasteiger partial charge in [0.05, 0.1) is 16.8 Å². The number of carbonyl (C=O) groups is 2. The summed E-state index contributed by atoms with van der Waals surface area (Å²) >= 11 is 4.70. The van der Waals surface area contributed by atoms with Gasteiger partial charge < -0.3 is 9.29 Å². The van der Waals surface area contributed by atoms with Crippen LogP contribution in [0, 0.1) is 0 Å². The molecule has 1 heterocycles. The molecule has 0 aliphatic carbocycles. The second-order valence-electron chi connectivity index (χ2n) is 3.92. The Bertz CT molecular complexity index is 762. The lowest BCUT2D eigenvalue weighted by molar-refractivity contribution is -0.131. The predicted molar refractivity (Wildman–Crippen MR) is 81.9 cm³/mol. The van der Waals surface area contributed by atoms with Crippen LogP contribution in [0.2, 0.25) is 5.02 Å². The van der Waals surface area contributed by atoms with Crippen LogP contribution in [0.4, 0.5) is 5.13 Å². The lowest BCUT2D eigenvalue weighted by atomic mass is 10.2. The molecule has 0 spiro atoms. The number of ether oxygens (including phenoxy) is 1. The van der Waals surface area contributed by atoms with Gasteiger partial charge in [-0.2, -0.15) is 0 Å². The molecule has 1 amide bonds. The maximum absolute atomic E-state index is 12.1. The van der Waals surface area contributed by atoms with Gasteiger partial charge in [0.25, 0.3) is 5.91 Å². The van der Waals surface area contributed by atoms with Gasteiger partial charge in [-0.3, -0.25) is 14.9 Å². The van der Waals surface area contributed by atoms with Crippen LogP contribution in [-0.2, 0) is 15.9 Å². The van der Waals surface area contributed by atoms with E-state index in [0.29, 0.717) is 0 Å². The lowest BCUT2D eigenvalue weighted by Gasteiger charge is -2.06. The van der Waals surface area contributed by atoms with Crippen LogP contribution >= 0.6 is 22.9 Å². The molecule has 2 aromatic rings. The van der Waals surface area contributed by atoms with Crippen molar-refractivity contribution in [2.75, 3.05) is 5.32 Å². The number of anilines is 1. The maximum atomic E-state index is 12.1. The lowest BCUT2D eigenvalue weighted by Crippen LogP contribution is -2.12. The number of hydrogen-bond donors (Lipinski definition) is 2. The Labute approximate surface area is 136 Å². The van der Waals surface area contributed by atoms with Crippen molar-refractivity contribution in [1.82, 2.24) is 4.98 Å². The smallest absolute Gasteiger partial charge is 0.308 e. The van der Waals surface area contributed by atoms with Gasteiger partial charge in [-0.05, 0) is 12.1 Å². The third-order valence-corrected chi connectivity index (χ3v) is 4.47. The Balaban J connectivity index is 2.15. The van der Waals surface area contributed by atoms with Crippen LogP contribution in [0.25, 0.3) is 0 Å². The van der Waals surface area contributed by atoms with Crippen molar-refractivity contribution in [1.29, 1.82) is 0 Å². The molecule has 2 N–H and O–H groups in total. The topological polar surface area (TPSA) is 106 Å². The van der Waals surface area contributed by atoms with Crippen molar-refractivity contribution in [3.05, 3.63) is 35.0 Å². The van der Waals surface area contributed by atoms with Crippen LogP contribution in [0.15, 0.2) is 28.6 Å². The van der Waals surface area contributed by atoms with Crippen LogP contribution in [-0.4, -0.2) is 25.6 Å². The quantitative estimate of drug-likeness (QED) is 0.493. The zero-order chi connectivity index (χ0) is 16.3. The van der Waals surface area contributed by atoms with E-state index in [-0.39, 0.29) is 25.7 Å². The minimum Gasteiger partial charge on any atom is -0.427 e. The summed E-state index contributed by atoms with van der Waals surface area (Å²) < 4.78 is 24.7. The fraction of sp³-hybridized carbons (Fsp3) is 0.0833. The number of aromatic nitrogens is 1. The summed E-state index contributed by atoms with van der Waals surface area (Å²) in [7, 11) is 0. The van der Waals surface area contributed by atoms with E-state index in [1.165, 1.54) is 31.3 Å². The van der Waals surface area contributed by atoms with E-state index in [4.69, 9.17) is 20.9 Å². The molecule has 0 bridgehead atoms. The van der Waals surface area contributed by atoms with Gasteiger partial charge in [-0.25, -0.2) is 9.19 Å². The van der Waals surface area contributed by atoms with E-state index in [9.17, 15) is 13.8 Å². The van der Waals surface area contributed by atoms with Crippen molar-refractivity contribution in [3.8, 4) is 5.75 Å². The Kier molecular flexibility index (Phi) is 5.24. The van der Waals surface area contributed by atoms with E-state index in [1.54, 1.807) is 0 Å². The summed E-state index contributed by atoms with van der Waals surface area (Å²) in [5, 5.41) is 2.73. The predicted octanol–water partition coefficient (Wildman–Crippen LogP) is 2.55. The SMILES string of the molecule is CC(=O)Oc1ccc(C(=O)Nc2ncc(S(=O)O)s2)c(Cl)c1. The number of nitrogens with one attached hydrogen (secondary N) is 1. The van der Waals surface area contributed by atoms with E-state index in [2.05, 4.69) is 10.3 Å². The zero-order valence-electron chi connectivity index (χ0n) is 11.0. The molecule has 1 aromatic carbocycles. The fourth-order valence-corrected chi connectivity index (χ4v) is 2.94. The molecule has 7 nitrogen and oxygen atoms in total. The molecule has 0 fully saturated rings. The van der Waals surface area contributed by atoms with Gasteiger partial charge >= 0.3 is 5.97 Å². The van der Waals surface area contributed by atoms with E-state index < -0.39 is 23.0 Å². The summed E-state index contributed by atoms with van der Waals surface area (Å²) in [6.07, 6.45) is 1.20. The molecule has 10 heteroatoms. The first-order chi connectivity index (χ1) is 10.4. The molecule has 2 rings (SSSR count). The highest BCUT2D eigenvalue weighted by atomic mass is 35.5. The summed E-state index contributed by atoms with van der Waals surface area (Å²) in [6, 6.07) is 4.17. The van der Waals surface area contributed by atoms with Crippen LogP contribution < -0.4 is 10.1 Å². The third-order valence-electron chi connectivity index (χ3n) is 2.32. The molecular weight excluding hydrogens is 352 g/mol. The molecule has 1 atom stereocenters. The second kappa shape index (κ2) is 6.97. The minimum atomic E-state index is -2.15. The molecule has 0 saturated heterocycles. The van der Waals surface area contributed by atoms with E-state index in [1.807, 2.05) is 0 Å². The summed E-state index contributed by atoms with van der Waals surface area (Å²) in [5.74, 6) is -0.814. The van der Waals surface area contributed by atoms with Gasteiger partial charge in [0.2, 0.25) is 0 Å². The minimum absolute atomic E-state index is 0.0961. The summed E-state index contributed by atoms with van der Waals surface area (Å²) in [5.41, 5.74) is 0.152. The number of esters is 1. The summed E-state index contributed by atoms with van der Waals surface area (Å²) in [6.45, 7) is 1.25. The summed E-state index contributed by atoms with van der Waals surface area (Å²) in [4.78, 5) is 26.7. The zero-order valence-corrected chi connectivity index (χ0v) is 13.4. The second-order valence-corrected chi connectivity index (χ2v) is 6.56. The normalized spacial score (nSPS) is 11.8. The van der Waals surface area contributed by atoms with Gasteiger partial charge in [0.15, 0.2) is 16.2 Å². The molecule has 1 unspecified atom stereocenters. The van der Waals surface area contributed by atoms with Crippen molar-refractivity contribution >= 4 is 51.0 Å². The van der Waals surface area contributed by atoms with Gasteiger partial charge in [0, 0.05) is 13.0 Å². The number of hydrogen-bond acceptors (Lipinski definition) is 6. The first-order valence-corrected chi connectivity index (χ1v) is 8.03. The molecule has 0 aliphatic heterocycles. The molecule has 116 valence electrons. The van der Waals surface area contributed by atoms with Crippen molar-refractivity contribution in [2.24, 2.45) is 0 Å². The third kappa shape index (κ3) is 4.10. The van der Waals surface area contributed by atoms with Crippen LogP contribution in [0.3, 0.4) is 0 Å². The van der Waals surface area contributed by atoms with Gasteiger partial charge in [-0.15, -0.1) is 0 Å². The number of nitrogens with zero attached hydrogens (tertiary/aromatic N) is 1. The molecular formula is C12H9ClN2O5S2.